The number of alkyl halides is 1. The van der Waals surface area contributed by atoms with Crippen molar-refractivity contribution >= 4 is 40.6 Å². The van der Waals surface area contributed by atoms with Gasteiger partial charge >= 0.3 is 0 Å². The molecule has 11 heteroatoms. The number of benzene rings is 2. The summed E-state index contributed by atoms with van der Waals surface area (Å²) in [7, 11) is 0. The molecule has 0 saturated heterocycles. The standard InChI is InChI=1S/C21H15ClN4O5S/c22-18-15-9-16(20(18)32-14-7-5-13(6-8-14)26(30)31)19-17(15)10-24(23-19)21(27)11-1-3-12(4-2-11)25(28)29/h1-8,10,15-16,18,20H,9H2/t15-,16+,18+,20+/m0/s1. The summed E-state index contributed by atoms with van der Waals surface area (Å²) in [4.78, 5) is 34.5. The highest BCUT2D eigenvalue weighted by atomic mass is 35.5. The number of carbonyl (C=O) groups excluding carboxylic acids is 1. The van der Waals surface area contributed by atoms with Crippen LogP contribution >= 0.6 is 23.4 Å². The first-order chi connectivity index (χ1) is 15.3. The van der Waals surface area contributed by atoms with E-state index in [1.807, 2.05) is 0 Å². The van der Waals surface area contributed by atoms with Crippen LogP contribution < -0.4 is 0 Å². The van der Waals surface area contributed by atoms with Crippen molar-refractivity contribution < 1.29 is 14.6 Å². The minimum Gasteiger partial charge on any atom is -0.267 e. The molecule has 1 saturated carbocycles. The number of nitro benzene ring substituents is 2. The van der Waals surface area contributed by atoms with Crippen LogP contribution in [0.5, 0.6) is 0 Å². The van der Waals surface area contributed by atoms with Crippen LogP contribution in [0.4, 0.5) is 11.4 Å². The number of fused-ring (bicyclic) bond motifs is 5. The lowest BCUT2D eigenvalue weighted by Gasteiger charge is -2.25. The zero-order chi connectivity index (χ0) is 22.6. The lowest BCUT2D eigenvalue weighted by atomic mass is 9.97. The highest BCUT2D eigenvalue weighted by Gasteiger charge is 2.52. The molecule has 2 aliphatic carbocycles. The number of aromatic nitrogens is 2. The Labute approximate surface area is 190 Å². The first-order valence-corrected chi connectivity index (χ1v) is 11.1. The van der Waals surface area contributed by atoms with Gasteiger partial charge in [-0.2, -0.15) is 5.10 Å². The molecule has 32 heavy (non-hydrogen) atoms. The van der Waals surface area contributed by atoms with Gasteiger partial charge in [-0.3, -0.25) is 25.0 Å². The van der Waals surface area contributed by atoms with Crippen LogP contribution in [0.2, 0.25) is 0 Å². The fourth-order valence-electron chi connectivity index (χ4n) is 4.44. The number of hydrogen-bond acceptors (Lipinski definition) is 7. The third kappa shape index (κ3) is 3.35. The molecule has 0 amide bonds. The van der Waals surface area contributed by atoms with Gasteiger partial charge < -0.3 is 0 Å². The Kier molecular flexibility index (Phi) is 4.98. The van der Waals surface area contributed by atoms with Gasteiger partial charge in [0.2, 0.25) is 0 Å². The molecule has 0 N–H and O–H groups in total. The molecule has 0 radical (unpaired) electrons. The topological polar surface area (TPSA) is 121 Å². The summed E-state index contributed by atoms with van der Waals surface area (Å²) in [5, 5.41) is 26.1. The number of non-ortho nitro benzene ring substituents is 2. The molecule has 1 fully saturated rings. The molecule has 9 nitrogen and oxygen atoms in total. The van der Waals surface area contributed by atoms with Gasteiger partial charge in [0.1, 0.15) is 0 Å². The highest BCUT2D eigenvalue weighted by molar-refractivity contribution is 8.00. The second-order valence-corrected chi connectivity index (χ2v) is 9.51. The summed E-state index contributed by atoms with van der Waals surface area (Å²) in [6.07, 6.45) is 2.56. The maximum Gasteiger partial charge on any atom is 0.278 e. The van der Waals surface area contributed by atoms with E-state index in [0.29, 0.717) is 5.56 Å². The SMILES string of the molecule is O=C(c1ccc([N+](=O)[O-])cc1)n1cc2c(n1)[C@H]1C[C@@H]2[C@@H](Cl)[C@@H]1Sc1ccc([N+](=O)[O-])cc1. The Balaban J connectivity index is 1.37. The van der Waals surface area contributed by atoms with E-state index >= 15 is 0 Å². The summed E-state index contributed by atoms with van der Waals surface area (Å²) in [5.74, 6) is -0.214. The summed E-state index contributed by atoms with van der Waals surface area (Å²) >= 11 is 8.34. The Morgan fingerprint density at radius 3 is 2.19 bits per heavy atom. The quantitative estimate of drug-likeness (QED) is 0.300. The van der Waals surface area contributed by atoms with E-state index in [9.17, 15) is 25.0 Å². The third-order valence-corrected chi connectivity index (χ3v) is 8.14. The Morgan fingerprint density at radius 1 is 1.00 bits per heavy atom. The zero-order valence-corrected chi connectivity index (χ0v) is 17.9. The van der Waals surface area contributed by atoms with Crippen LogP contribution in [0.3, 0.4) is 0 Å². The molecule has 4 atom stereocenters. The van der Waals surface area contributed by atoms with Crippen LogP contribution in [0.15, 0.2) is 59.6 Å². The normalized spacial score (nSPS) is 23.2. The Morgan fingerprint density at radius 2 is 1.59 bits per heavy atom. The van der Waals surface area contributed by atoms with Crippen molar-refractivity contribution in [3.8, 4) is 0 Å². The first-order valence-electron chi connectivity index (χ1n) is 9.77. The van der Waals surface area contributed by atoms with E-state index in [2.05, 4.69) is 5.10 Å². The fourth-order valence-corrected chi connectivity index (χ4v) is 6.34. The van der Waals surface area contributed by atoms with Gasteiger partial charge in [-0.25, -0.2) is 4.68 Å². The average Bonchev–Trinajstić information content (AvgIpc) is 3.45. The van der Waals surface area contributed by atoms with E-state index < -0.39 is 9.85 Å². The van der Waals surface area contributed by atoms with Crippen LogP contribution in [-0.4, -0.2) is 36.2 Å². The van der Waals surface area contributed by atoms with Gasteiger partial charge in [0.25, 0.3) is 17.3 Å². The van der Waals surface area contributed by atoms with Gasteiger partial charge in [-0.1, -0.05) is 0 Å². The third-order valence-electron chi connectivity index (χ3n) is 5.98. The van der Waals surface area contributed by atoms with Crippen molar-refractivity contribution in [1.29, 1.82) is 0 Å². The molecule has 1 aromatic heterocycles. The smallest absolute Gasteiger partial charge is 0.267 e. The minimum absolute atomic E-state index is 0.0356. The van der Waals surface area contributed by atoms with Gasteiger partial charge in [-0.15, -0.1) is 23.4 Å². The minimum atomic E-state index is -0.516. The molecule has 0 unspecified atom stereocenters. The monoisotopic (exact) mass is 470 g/mol. The number of carbonyl (C=O) groups is 1. The van der Waals surface area contributed by atoms with Crippen molar-refractivity contribution in [2.45, 2.75) is 33.8 Å². The fraction of sp³-hybridized carbons (Fsp3) is 0.238. The predicted octanol–water partition coefficient (Wildman–Crippen LogP) is 4.74. The van der Waals surface area contributed by atoms with Gasteiger partial charge in [0, 0.05) is 58.0 Å². The molecule has 3 aromatic rings. The molecule has 162 valence electrons. The summed E-state index contributed by atoms with van der Waals surface area (Å²) in [5.41, 5.74) is 2.07. The number of halogens is 1. The lowest BCUT2D eigenvalue weighted by molar-refractivity contribution is -0.385. The van der Waals surface area contributed by atoms with E-state index in [-0.39, 0.29) is 39.7 Å². The molecule has 0 aliphatic heterocycles. The summed E-state index contributed by atoms with van der Waals surface area (Å²) in [6.45, 7) is 0. The van der Waals surface area contributed by atoms with Crippen molar-refractivity contribution in [3.05, 3.63) is 91.8 Å². The number of thioether (sulfide) groups is 1. The second-order valence-electron chi connectivity index (χ2n) is 7.75. The zero-order valence-electron chi connectivity index (χ0n) is 16.3. The first kappa shape index (κ1) is 20.7. The summed E-state index contributed by atoms with van der Waals surface area (Å²) in [6, 6.07) is 11.8. The van der Waals surface area contributed by atoms with Crippen LogP contribution in [-0.2, 0) is 0 Å². The number of nitrogens with zero attached hydrogens (tertiary/aromatic N) is 4. The number of nitro groups is 2. The molecular weight excluding hydrogens is 456 g/mol. The molecule has 2 aliphatic rings. The average molecular weight is 471 g/mol. The Bertz CT molecular complexity index is 1240. The van der Waals surface area contributed by atoms with E-state index in [1.165, 1.54) is 41.1 Å². The van der Waals surface area contributed by atoms with Crippen molar-refractivity contribution in [2.75, 3.05) is 0 Å². The Hall–Kier alpha value is -3.24. The van der Waals surface area contributed by atoms with E-state index in [4.69, 9.17) is 11.6 Å². The highest BCUT2D eigenvalue weighted by Crippen LogP contribution is 2.59. The van der Waals surface area contributed by atoms with Gasteiger partial charge in [-0.05, 0) is 36.2 Å². The van der Waals surface area contributed by atoms with Crippen LogP contribution in [0.1, 0.15) is 39.9 Å². The second kappa shape index (κ2) is 7.72. The maximum atomic E-state index is 12.8. The van der Waals surface area contributed by atoms with Crippen molar-refractivity contribution in [1.82, 2.24) is 9.78 Å². The molecular formula is C21H15ClN4O5S. The molecule has 1 heterocycles. The largest absolute Gasteiger partial charge is 0.278 e. The molecule has 2 aromatic carbocycles. The molecule has 5 rings (SSSR count). The number of rotatable bonds is 5. The van der Waals surface area contributed by atoms with Crippen LogP contribution in [0, 0.1) is 20.2 Å². The van der Waals surface area contributed by atoms with Gasteiger partial charge in [0.15, 0.2) is 0 Å². The maximum absolute atomic E-state index is 12.8. The van der Waals surface area contributed by atoms with E-state index in [0.717, 1.165) is 22.6 Å². The van der Waals surface area contributed by atoms with Crippen LogP contribution in [0.25, 0.3) is 0 Å². The van der Waals surface area contributed by atoms with Gasteiger partial charge in [0.05, 0.1) is 20.9 Å². The van der Waals surface area contributed by atoms with Crippen molar-refractivity contribution in [3.63, 3.8) is 0 Å². The van der Waals surface area contributed by atoms with E-state index in [1.54, 1.807) is 30.1 Å². The lowest BCUT2D eigenvalue weighted by Crippen LogP contribution is -2.24. The predicted molar refractivity (Wildman–Crippen MR) is 118 cm³/mol. The summed E-state index contributed by atoms with van der Waals surface area (Å²) < 4.78 is 1.29. The van der Waals surface area contributed by atoms with Crippen molar-refractivity contribution in [2.24, 2.45) is 0 Å². The number of hydrogen-bond donors (Lipinski definition) is 0. The molecule has 0 spiro atoms. The molecule has 2 bridgehead atoms.